The number of rotatable bonds is 5. The molecule has 3 saturated heterocycles. The van der Waals surface area contributed by atoms with Crippen molar-refractivity contribution >= 4 is 11.6 Å². The first-order chi connectivity index (χ1) is 15.7. The van der Waals surface area contributed by atoms with Gasteiger partial charge in [-0.05, 0) is 82.3 Å². The third kappa shape index (κ3) is 4.84. The van der Waals surface area contributed by atoms with E-state index in [1.807, 2.05) is 11.9 Å². The number of nitrogens with zero attached hydrogens (tertiary/aromatic N) is 4. The Kier molecular flexibility index (Phi) is 7.03. The molecule has 1 amide bonds. The summed E-state index contributed by atoms with van der Waals surface area (Å²) in [6.45, 7) is 7.07. The Morgan fingerprint density at radius 2 is 1.41 bits per heavy atom. The number of hydrogen-bond acceptors (Lipinski definition) is 4. The van der Waals surface area contributed by atoms with Crippen LogP contribution in [0.5, 0.6) is 0 Å². The lowest BCUT2D eigenvalue weighted by molar-refractivity contribution is 0.0730. The molecule has 5 nitrogen and oxygen atoms in total. The largest absolute Gasteiger partial charge is 0.371 e. The Hall–Kier alpha value is -1.59. The predicted molar refractivity (Wildman–Crippen MR) is 131 cm³/mol. The number of carbonyl (C=O) groups excluding carboxylic acids is 1. The molecule has 1 saturated carbocycles. The van der Waals surface area contributed by atoms with Crippen LogP contribution in [-0.2, 0) is 0 Å². The second kappa shape index (κ2) is 10.1. The Morgan fingerprint density at radius 1 is 0.750 bits per heavy atom. The number of piperidine rings is 2. The van der Waals surface area contributed by atoms with E-state index in [0.29, 0.717) is 6.04 Å². The van der Waals surface area contributed by atoms with Crippen molar-refractivity contribution < 1.29 is 4.79 Å². The molecule has 3 heterocycles. The topological polar surface area (TPSA) is 30.0 Å². The van der Waals surface area contributed by atoms with Gasteiger partial charge >= 0.3 is 0 Å². The summed E-state index contributed by atoms with van der Waals surface area (Å²) in [6.07, 6.45) is 13.3. The van der Waals surface area contributed by atoms with Gasteiger partial charge in [-0.3, -0.25) is 9.69 Å². The molecule has 176 valence electrons. The lowest BCUT2D eigenvalue weighted by Gasteiger charge is -2.41. The summed E-state index contributed by atoms with van der Waals surface area (Å²) in [5.74, 6) is 0.179. The van der Waals surface area contributed by atoms with Crippen molar-refractivity contribution in [3.8, 4) is 0 Å². The summed E-state index contributed by atoms with van der Waals surface area (Å²) in [6, 6.07) is 10.3. The van der Waals surface area contributed by atoms with Crippen molar-refractivity contribution in [2.75, 3.05) is 51.2 Å². The maximum atomic E-state index is 13.2. The minimum absolute atomic E-state index is 0.179. The average molecular weight is 439 g/mol. The molecule has 0 unspecified atom stereocenters. The van der Waals surface area contributed by atoms with Gasteiger partial charge in [0.05, 0.1) is 0 Å². The molecule has 0 aromatic heterocycles. The first-order valence-corrected chi connectivity index (χ1v) is 13.3. The van der Waals surface area contributed by atoms with Crippen molar-refractivity contribution in [2.45, 2.75) is 82.3 Å². The number of likely N-dealkylation sites (N-methyl/N-ethyl adjacent to an activating group) is 1. The molecule has 0 bridgehead atoms. The van der Waals surface area contributed by atoms with Gasteiger partial charge < -0.3 is 14.7 Å². The van der Waals surface area contributed by atoms with Crippen molar-refractivity contribution in [3.05, 3.63) is 29.8 Å². The van der Waals surface area contributed by atoms with E-state index in [9.17, 15) is 4.79 Å². The molecular formula is C27H42N4O. The van der Waals surface area contributed by atoms with E-state index in [1.54, 1.807) is 0 Å². The van der Waals surface area contributed by atoms with Crippen molar-refractivity contribution in [1.29, 1.82) is 0 Å². The van der Waals surface area contributed by atoms with Crippen LogP contribution in [0.3, 0.4) is 0 Å². The molecule has 0 spiro atoms. The molecule has 1 aliphatic carbocycles. The van der Waals surface area contributed by atoms with Crippen LogP contribution in [0, 0.1) is 0 Å². The van der Waals surface area contributed by atoms with Gasteiger partial charge in [0.2, 0.25) is 0 Å². The van der Waals surface area contributed by atoms with Crippen LogP contribution < -0.4 is 4.90 Å². The Labute approximate surface area is 194 Å². The predicted octanol–water partition coefficient (Wildman–Crippen LogP) is 4.23. The summed E-state index contributed by atoms with van der Waals surface area (Å²) < 4.78 is 0. The lowest BCUT2D eigenvalue weighted by Crippen LogP contribution is -2.46. The van der Waals surface area contributed by atoms with Gasteiger partial charge in [-0.2, -0.15) is 0 Å². The number of anilines is 1. The van der Waals surface area contributed by atoms with Gasteiger partial charge in [0.1, 0.15) is 0 Å². The van der Waals surface area contributed by atoms with Crippen LogP contribution in [0.2, 0.25) is 0 Å². The first kappa shape index (κ1) is 22.2. The third-order valence-electron chi connectivity index (χ3n) is 8.75. The van der Waals surface area contributed by atoms with Crippen LogP contribution in [0.4, 0.5) is 5.69 Å². The molecule has 0 N–H and O–H groups in total. The maximum Gasteiger partial charge on any atom is 0.253 e. The molecule has 1 aromatic rings. The zero-order valence-corrected chi connectivity index (χ0v) is 20.1. The van der Waals surface area contributed by atoms with Gasteiger partial charge in [-0.1, -0.05) is 19.3 Å². The van der Waals surface area contributed by atoms with Crippen molar-refractivity contribution in [2.24, 2.45) is 0 Å². The minimum Gasteiger partial charge on any atom is -0.371 e. The van der Waals surface area contributed by atoms with E-state index in [-0.39, 0.29) is 5.91 Å². The molecule has 5 heteroatoms. The fourth-order valence-electron chi connectivity index (χ4n) is 6.64. The van der Waals surface area contributed by atoms with E-state index in [0.717, 1.165) is 50.2 Å². The summed E-state index contributed by atoms with van der Waals surface area (Å²) >= 11 is 0. The lowest BCUT2D eigenvalue weighted by atomic mass is 9.99. The van der Waals surface area contributed by atoms with E-state index in [1.165, 1.54) is 76.6 Å². The number of likely N-dealkylation sites (tertiary alicyclic amines) is 2. The molecule has 5 rings (SSSR count). The highest BCUT2D eigenvalue weighted by atomic mass is 16.2. The van der Waals surface area contributed by atoms with Gasteiger partial charge in [-0.15, -0.1) is 0 Å². The van der Waals surface area contributed by atoms with Gasteiger partial charge in [0.15, 0.2) is 0 Å². The molecule has 3 aliphatic heterocycles. The second-order valence-corrected chi connectivity index (χ2v) is 10.7. The quantitative estimate of drug-likeness (QED) is 0.688. The fraction of sp³-hybridized carbons (Fsp3) is 0.741. The zero-order chi connectivity index (χ0) is 21.9. The molecular weight excluding hydrogens is 396 g/mol. The highest BCUT2D eigenvalue weighted by molar-refractivity contribution is 5.94. The molecule has 1 aromatic carbocycles. The highest BCUT2D eigenvalue weighted by Crippen LogP contribution is 2.29. The number of carbonyl (C=O) groups is 1. The monoisotopic (exact) mass is 438 g/mol. The van der Waals surface area contributed by atoms with E-state index < -0.39 is 0 Å². The fourth-order valence-corrected chi connectivity index (χ4v) is 6.64. The summed E-state index contributed by atoms with van der Waals surface area (Å²) in [5, 5.41) is 0. The number of amides is 1. The van der Waals surface area contributed by atoms with Crippen LogP contribution in [0.25, 0.3) is 0 Å². The average Bonchev–Trinajstić information content (AvgIpc) is 3.56. The van der Waals surface area contributed by atoms with Crippen molar-refractivity contribution in [3.63, 3.8) is 0 Å². The normalized spacial score (nSPS) is 26.7. The van der Waals surface area contributed by atoms with Crippen LogP contribution in [-0.4, -0.2) is 85.0 Å². The Balaban J connectivity index is 1.13. The van der Waals surface area contributed by atoms with Gasteiger partial charge in [-0.25, -0.2) is 0 Å². The summed E-state index contributed by atoms with van der Waals surface area (Å²) in [4.78, 5) is 23.0. The second-order valence-electron chi connectivity index (χ2n) is 10.7. The summed E-state index contributed by atoms with van der Waals surface area (Å²) in [7, 11) is 2.00. The van der Waals surface area contributed by atoms with Crippen molar-refractivity contribution in [1.82, 2.24) is 14.7 Å². The first-order valence-electron chi connectivity index (χ1n) is 13.3. The van der Waals surface area contributed by atoms with Crippen LogP contribution >= 0.6 is 0 Å². The summed E-state index contributed by atoms with van der Waals surface area (Å²) in [5.41, 5.74) is 2.10. The highest BCUT2D eigenvalue weighted by Gasteiger charge is 2.33. The van der Waals surface area contributed by atoms with E-state index in [4.69, 9.17) is 0 Å². The smallest absolute Gasteiger partial charge is 0.253 e. The maximum absolute atomic E-state index is 13.2. The van der Waals surface area contributed by atoms with E-state index in [2.05, 4.69) is 39.0 Å². The van der Waals surface area contributed by atoms with Gasteiger partial charge in [0, 0.05) is 62.6 Å². The third-order valence-corrected chi connectivity index (χ3v) is 8.75. The molecule has 0 radical (unpaired) electrons. The van der Waals surface area contributed by atoms with Crippen LogP contribution in [0.15, 0.2) is 24.3 Å². The number of benzene rings is 1. The molecule has 32 heavy (non-hydrogen) atoms. The Morgan fingerprint density at radius 3 is 2.09 bits per heavy atom. The van der Waals surface area contributed by atoms with Crippen LogP contribution in [0.1, 0.15) is 74.6 Å². The number of hydrogen-bond donors (Lipinski definition) is 0. The molecule has 4 aliphatic rings. The molecule has 4 fully saturated rings. The van der Waals surface area contributed by atoms with E-state index >= 15 is 0 Å². The SMILES string of the molecule is CN(C(=O)c1ccc(N2CCC(N3CCCCC3)CC2)cc1)[C@@H]1CCN(C2CCCC2)C1. The molecule has 1 atom stereocenters. The zero-order valence-electron chi connectivity index (χ0n) is 20.1. The standard InChI is InChI=1S/C27H42N4O/c1-28(26-15-20-31(21-26)23-7-3-4-8-23)27(32)22-9-11-24(12-10-22)30-18-13-25(14-19-30)29-16-5-2-6-17-29/h9-12,23,25-26H,2-8,13-21H2,1H3/t26-/m1/s1. The van der Waals surface area contributed by atoms with Gasteiger partial charge in [0.25, 0.3) is 5.91 Å². The minimum atomic E-state index is 0.179. The Bertz CT molecular complexity index is 745.